The third-order valence-corrected chi connectivity index (χ3v) is 4.51. The Bertz CT molecular complexity index is 751. The maximum atomic E-state index is 10.7. The lowest BCUT2D eigenvalue weighted by Crippen LogP contribution is -2.02. The number of halogens is 1. The number of hydrogen-bond acceptors (Lipinski definition) is 3. The normalized spacial score (nSPS) is 12.6. The number of rotatable bonds is 3. The molecule has 0 aliphatic rings. The molecule has 1 atom stereocenters. The van der Waals surface area contributed by atoms with E-state index in [4.69, 9.17) is 16.3 Å². The Morgan fingerprint density at radius 3 is 2.80 bits per heavy atom. The number of ether oxygens (including phenoxy) is 1. The summed E-state index contributed by atoms with van der Waals surface area (Å²) in [4.78, 5) is 0. The van der Waals surface area contributed by atoms with Crippen LogP contribution in [0.15, 0.2) is 47.8 Å². The lowest BCUT2D eigenvalue weighted by atomic mass is 9.99. The SMILES string of the molecule is COc1cc(Cl)ccc1C(O)c1cccc2ccsc12. The molecule has 0 aliphatic carbocycles. The third kappa shape index (κ3) is 2.29. The molecule has 102 valence electrons. The molecule has 2 nitrogen and oxygen atoms in total. The van der Waals surface area contributed by atoms with E-state index in [-0.39, 0.29) is 0 Å². The molecule has 1 aromatic heterocycles. The lowest BCUT2D eigenvalue weighted by molar-refractivity contribution is 0.216. The topological polar surface area (TPSA) is 29.5 Å². The van der Waals surface area contributed by atoms with E-state index in [1.165, 1.54) is 0 Å². The van der Waals surface area contributed by atoms with Crippen LogP contribution in [0.5, 0.6) is 5.75 Å². The quantitative estimate of drug-likeness (QED) is 0.763. The van der Waals surface area contributed by atoms with Crippen LogP contribution in [0.25, 0.3) is 10.1 Å². The largest absolute Gasteiger partial charge is 0.496 e. The zero-order valence-corrected chi connectivity index (χ0v) is 12.4. The maximum absolute atomic E-state index is 10.7. The Hall–Kier alpha value is -1.55. The Morgan fingerprint density at radius 1 is 1.15 bits per heavy atom. The number of thiophene rings is 1. The molecular weight excluding hydrogens is 292 g/mol. The van der Waals surface area contributed by atoms with Gasteiger partial charge in [-0.15, -0.1) is 11.3 Å². The fraction of sp³-hybridized carbons (Fsp3) is 0.125. The van der Waals surface area contributed by atoms with Gasteiger partial charge in [-0.3, -0.25) is 0 Å². The number of hydrogen-bond donors (Lipinski definition) is 1. The van der Waals surface area contributed by atoms with Crippen molar-refractivity contribution in [2.75, 3.05) is 7.11 Å². The van der Waals surface area contributed by atoms with Crippen LogP contribution in [-0.4, -0.2) is 12.2 Å². The molecule has 1 N–H and O–H groups in total. The third-order valence-electron chi connectivity index (χ3n) is 3.29. The average Bonchev–Trinajstić information content (AvgIpc) is 2.94. The summed E-state index contributed by atoms with van der Waals surface area (Å²) >= 11 is 7.59. The van der Waals surface area contributed by atoms with Crippen molar-refractivity contribution in [2.24, 2.45) is 0 Å². The highest BCUT2D eigenvalue weighted by atomic mass is 35.5. The molecule has 1 unspecified atom stereocenters. The second kappa shape index (κ2) is 5.44. The van der Waals surface area contributed by atoms with Crippen LogP contribution in [0.3, 0.4) is 0 Å². The van der Waals surface area contributed by atoms with Gasteiger partial charge in [0.25, 0.3) is 0 Å². The van der Waals surface area contributed by atoms with Gasteiger partial charge in [0.1, 0.15) is 11.9 Å². The Kier molecular flexibility index (Phi) is 3.66. The second-order valence-electron chi connectivity index (χ2n) is 4.48. The molecule has 0 spiro atoms. The smallest absolute Gasteiger partial charge is 0.126 e. The molecule has 20 heavy (non-hydrogen) atoms. The van der Waals surface area contributed by atoms with Gasteiger partial charge in [0, 0.05) is 20.8 Å². The number of aliphatic hydroxyl groups is 1. The standard InChI is InChI=1S/C16H13ClO2S/c1-19-14-9-11(17)5-6-12(14)15(18)13-4-2-3-10-7-8-20-16(10)13/h2-9,15,18H,1H3. The fourth-order valence-electron chi connectivity index (χ4n) is 2.31. The van der Waals surface area contributed by atoms with Crippen LogP contribution in [-0.2, 0) is 0 Å². The van der Waals surface area contributed by atoms with Crippen LogP contribution >= 0.6 is 22.9 Å². The first-order valence-corrected chi connectivity index (χ1v) is 7.44. The van der Waals surface area contributed by atoms with Crippen LogP contribution < -0.4 is 4.74 Å². The van der Waals surface area contributed by atoms with Crippen molar-refractivity contribution in [1.29, 1.82) is 0 Å². The van der Waals surface area contributed by atoms with Gasteiger partial charge in [-0.2, -0.15) is 0 Å². The molecule has 4 heteroatoms. The number of aliphatic hydroxyl groups excluding tert-OH is 1. The molecule has 0 radical (unpaired) electrons. The summed E-state index contributed by atoms with van der Waals surface area (Å²) in [5.41, 5.74) is 1.61. The molecule has 0 saturated heterocycles. The van der Waals surface area contributed by atoms with E-state index >= 15 is 0 Å². The molecule has 0 bridgehead atoms. The zero-order valence-electron chi connectivity index (χ0n) is 10.8. The summed E-state index contributed by atoms with van der Waals surface area (Å²) in [5.74, 6) is 0.596. The van der Waals surface area contributed by atoms with Crippen molar-refractivity contribution in [1.82, 2.24) is 0 Å². The highest BCUT2D eigenvalue weighted by Gasteiger charge is 2.18. The Labute approximate surface area is 126 Å². The molecule has 0 aliphatic heterocycles. The van der Waals surface area contributed by atoms with Crippen LogP contribution in [0, 0.1) is 0 Å². The minimum Gasteiger partial charge on any atom is -0.496 e. The summed E-state index contributed by atoms with van der Waals surface area (Å²) in [6, 6.07) is 13.3. The predicted octanol–water partition coefficient (Wildman–Crippen LogP) is 4.65. The van der Waals surface area contributed by atoms with E-state index in [0.717, 1.165) is 21.2 Å². The van der Waals surface area contributed by atoms with E-state index in [1.54, 1.807) is 36.6 Å². The first-order valence-electron chi connectivity index (χ1n) is 6.18. The molecule has 0 saturated carbocycles. The lowest BCUT2D eigenvalue weighted by Gasteiger charge is -2.16. The highest BCUT2D eigenvalue weighted by Crippen LogP contribution is 2.36. The van der Waals surface area contributed by atoms with Gasteiger partial charge < -0.3 is 9.84 Å². The van der Waals surface area contributed by atoms with E-state index in [9.17, 15) is 5.11 Å². The first-order chi connectivity index (χ1) is 9.70. The molecular formula is C16H13ClO2S. The summed E-state index contributed by atoms with van der Waals surface area (Å²) < 4.78 is 6.42. The van der Waals surface area contributed by atoms with Crippen molar-refractivity contribution < 1.29 is 9.84 Å². The van der Waals surface area contributed by atoms with Gasteiger partial charge in [0.2, 0.25) is 0 Å². The number of benzene rings is 2. The minimum atomic E-state index is -0.732. The van der Waals surface area contributed by atoms with Crippen LogP contribution in [0.4, 0.5) is 0 Å². The van der Waals surface area contributed by atoms with Crippen LogP contribution in [0.2, 0.25) is 5.02 Å². The van der Waals surface area contributed by atoms with Crippen molar-refractivity contribution >= 4 is 33.0 Å². The molecule has 0 amide bonds. The zero-order chi connectivity index (χ0) is 14.1. The van der Waals surface area contributed by atoms with Gasteiger partial charge in [-0.1, -0.05) is 35.9 Å². The summed E-state index contributed by atoms with van der Waals surface area (Å²) in [6.07, 6.45) is -0.732. The fourth-order valence-corrected chi connectivity index (χ4v) is 3.41. The second-order valence-corrected chi connectivity index (χ2v) is 5.83. The molecule has 0 fully saturated rings. The number of fused-ring (bicyclic) bond motifs is 1. The Balaban J connectivity index is 2.13. The molecule has 2 aromatic carbocycles. The number of methoxy groups -OCH3 is 1. The predicted molar refractivity (Wildman–Crippen MR) is 83.9 cm³/mol. The minimum absolute atomic E-state index is 0.590. The average molecular weight is 305 g/mol. The van der Waals surface area contributed by atoms with Crippen molar-refractivity contribution in [3.8, 4) is 5.75 Å². The van der Waals surface area contributed by atoms with E-state index < -0.39 is 6.10 Å². The summed E-state index contributed by atoms with van der Waals surface area (Å²) in [5, 5.41) is 14.5. The molecule has 1 heterocycles. The summed E-state index contributed by atoms with van der Waals surface area (Å²) in [6.45, 7) is 0. The first kappa shape index (κ1) is 13.4. The van der Waals surface area contributed by atoms with Gasteiger partial charge in [0.05, 0.1) is 7.11 Å². The Morgan fingerprint density at radius 2 is 2.00 bits per heavy atom. The van der Waals surface area contributed by atoms with Gasteiger partial charge >= 0.3 is 0 Å². The molecule has 3 aromatic rings. The van der Waals surface area contributed by atoms with Gasteiger partial charge in [-0.05, 0) is 29.0 Å². The van der Waals surface area contributed by atoms with Crippen molar-refractivity contribution in [3.05, 3.63) is 64.0 Å². The van der Waals surface area contributed by atoms with Gasteiger partial charge in [0.15, 0.2) is 0 Å². The monoisotopic (exact) mass is 304 g/mol. The maximum Gasteiger partial charge on any atom is 0.126 e. The van der Waals surface area contributed by atoms with Crippen LogP contribution in [0.1, 0.15) is 17.2 Å². The van der Waals surface area contributed by atoms with E-state index in [0.29, 0.717) is 10.8 Å². The van der Waals surface area contributed by atoms with Crippen molar-refractivity contribution in [2.45, 2.75) is 6.10 Å². The van der Waals surface area contributed by atoms with E-state index in [1.807, 2.05) is 23.6 Å². The van der Waals surface area contributed by atoms with Crippen molar-refractivity contribution in [3.63, 3.8) is 0 Å². The van der Waals surface area contributed by atoms with E-state index in [2.05, 4.69) is 6.07 Å². The molecule has 3 rings (SSSR count). The van der Waals surface area contributed by atoms with Gasteiger partial charge in [-0.25, -0.2) is 0 Å². The summed E-state index contributed by atoms with van der Waals surface area (Å²) in [7, 11) is 1.58. The highest BCUT2D eigenvalue weighted by molar-refractivity contribution is 7.17.